The van der Waals surface area contributed by atoms with E-state index in [-0.39, 0.29) is 0 Å². The van der Waals surface area contributed by atoms with E-state index in [0.717, 1.165) is 0 Å². The van der Waals surface area contributed by atoms with Crippen molar-refractivity contribution in [3.05, 3.63) is 29.6 Å². The minimum Gasteiger partial charge on any atom is -0.481 e. The first kappa shape index (κ1) is 10.6. The van der Waals surface area contributed by atoms with E-state index < -0.39 is 24.0 Å². The summed E-state index contributed by atoms with van der Waals surface area (Å²) in [5.74, 6) is -4.95. The van der Waals surface area contributed by atoms with Crippen LogP contribution in [0, 0.1) is 6.92 Å². The molecule has 0 bridgehead atoms. The summed E-state index contributed by atoms with van der Waals surface area (Å²) in [7, 11) is 0. The summed E-state index contributed by atoms with van der Waals surface area (Å²) >= 11 is 0. The van der Waals surface area contributed by atoms with Crippen LogP contribution < -0.4 is 0 Å². The van der Waals surface area contributed by atoms with Crippen LogP contribution in [-0.4, -0.2) is 16.1 Å². The molecule has 0 saturated heterocycles. The summed E-state index contributed by atoms with van der Waals surface area (Å²) in [6.45, 7) is 1.47. The van der Waals surface area contributed by atoms with Crippen LogP contribution in [0.25, 0.3) is 0 Å². The van der Waals surface area contributed by atoms with Gasteiger partial charge in [-0.25, -0.2) is 0 Å². The van der Waals surface area contributed by atoms with Gasteiger partial charge in [-0.2, -0.15) is 8.78 Å². The van der Waals surface area contributed by atoms with Gasteiger partial charge in [0.1, 0.15) is 12.1 Å². The minimum atomic E-state index is -3.41. The van der Waals surface area contributed by atoms with Gasteiger partial charge in [0, 0.05) is 6.20 Å². The molecule has 0 atom stereocenters. The number of carboxylic acid groups (broad SMARTS) is 1. The van der Waals surface area contributed by atoms with Crippen molar-refractivity contribution in [1.82, 2.24) is 4.98 Å². The van der Waals surface area contributed by atoms with E-state index in [1.54, 1.807) is 0 Å². The van der Waals surface area contributed by atoms with E-state index in [9.17, 15) is 13.6 Å². The molecule has 0 amide bonds. The van der Waals surface area contributed by atoms with Gasteiger partial charge in [0.15, 0.2) is 0 Å². The highest BCUT2D eigenvalue weighted by atomic mass is 19.3. The summed E-state index contributed by atoms with van der Waals surface area (Å²) in [6.07, 6.45) is -0.0110. The molecule has 3 nitrogen and oxygen atoms in total. The van der Waals surface area contributed by atoms with E-state index >= 15 is 0 Å². The van der Waals surface area contributed by atoms with Crippen molar-refractivity contribution < 1.29 is 18.7 Å². The Morgan fingerprint density at radius 1 is 1.64 bits per heavy atom. The van der Waals surface area contributed by atoms with Crippen LogP contribution in [0.1, 0.15) is 17.7 Å². The van der Waals surface area contributed by atoms with Crippen molar-refractivity contribution in [2.45, 2.75) is 19.3 Å². The van der Waals surface area contributed by atoms with Crippen LogP contribution in [0.15, 0.2) is 18.3 Å². The Balaban J connectivity index is 3.03. The molecule has 14 heavy (non-hydrogen) atoms. The molecule has 0 aliphatic rings. The Labute approximate surface area is 79.4 Å². The zero-order valence-corrected chi connectivity index (χ0v) is 7.50. The predicted molar refractivity (Wildman–Crippen MR) is 45.1 cm³/mol. The van der Waals surface area contributed by atoms with Crippen LogP contribution in [0.2, 0.25) is 0 Å². The fourth-order valence-corrected chi connectivity index (χ4v) is 1.14. The van der Waals surface area contributed by atoms with Crippen molar-refractivity contribution in [3.63, 3.8) is 0 Å². The highest BCUT2D eigenvalue weighted by Crippen LogP contribution is 2.31. The molecule has 0 aliphatic carbocycles. The Hall–Kier alpha value is -1.52. The molecule has 0 saturated carbocycles. The highest BCUT2D eigenvalue weighted by molar-refractivity contribution is 5.68. The maximum Gasteiger partial charge on any atom is 0.309 e. The second-order valence-corrected chi connectivity index (χ2v) is 2.94. The second kappa shape index (κ2) is 3.69. The topological polar surface area (TPSA) is 50.2 Å². The number of rotatable bonds is 3. The monoisotopic (exact) mass is 201 g/mol. The van der Waals surface area contributed by atoms with Crippen LogP contribution in [-0.2, 0) is 10.7 Å². The van der Waals surface area contributed by atoms with Gasteiger partial charge in [0.25, 0.3) is 5.92 Å². The van der Waals surface area contributed by atoms with Crippen molar-refractivity contribution in [1.29, 1.82) is 0 Å². The molecule has 0 unspecified atom stereocenters. The van der Waals surface area contributed by atoms with Gasteiger partial charge in [0.05, 0.1) is 0 Å². The van der Waals surface area contributed by atoms with Gasteiger partial charge in [-0.15, -0.1) is 0 Å². The number of carboxylic acids is 1. The summed E-state index contributed by atoms with van der Waals surface area (Å²) < 4.78 is 26.4. The lowest BCUT2D eigenvalue weighted by Crippen LogP contribution is -2.21. The van der Waals surface area contributed by atoms with E-state index in [0.29, 0.717) is 5.56 Å². The molecular weight excluding hydrogens is 192 g/mol. The third kappa shape index (κ3) is 2.25. The SMILES string of the molecule is Cc1cccnc1C(F)(F)CC(=O)O. The molecule has 1 aromatic rings. The number of halogens is 2. The lowest BCUT2D eigenvalue weighted by atomic mass is 10.1. The van der Waals surface area contributed by atoms with Crippen LogP contribution >= 0.6 is 0 Å². The average Bonchev–Trinajstić information content (AvgIpc) is 2.02. The molecule has 0 spiro atoms. The van der Waals surface area contributed by atoms with Gasteiger partial charge in [-0.1, -0.05) is 6.07 Å². The summed E-state index contributed by atoms with van der Waals surface area (Å²) in [6, 6.07) is 2.99. The number of aliphatic carboxylic acids is 1. The number of hydrogen-bond acceptors (Lipinski definition) is 2. The molecule has 1 aromatic heterocycles. The van der Waals surface area contributed by atoms with Crippen LogP contribution in [0.5, 0.6) is 0 Å². The fourth-order valence-electron chi connectivity index (χ4n) is 1.14. The smallest absolute Gasteiger partial charge is 0.309 e. The normalized spacial score (nSPS) is 11.4. The Kier molecular flexibility index (Phi) is 2.78. The molecule has 5 heteroatoms. The molecule has 76 valence electrons. The predicted octanol–water partition coefficient (Wildman–Crippen LogP) is 1.96. The van der Waals surface area contributed by atoms with Crippen LogP contribution in [0.3, 0.4) is 0 Å². The summed E-state index contributed by atoms with van der Waals surface area (Å²) in [5, 5.41) is 8.29. The first-order valence-corrected chi connectivity index (χ1v) is 3.95. The third-order valence-electron chi connectivity index (χ3n) is 1.73. The van der Waals surface area contributed by atoms with Crippen molar-refractivity contribution >= 4 is 5.97 Å². The molecule has 1 heterocycles. The largest absolute Gasteiger partial charge is 0.481 e. The maximum atomic E-state index is 13.2. The number of alkyl halides is 2. The standard InChI is InChI=1S/C9H9F2NO2/c1-6-3-2-4-12-8(6)9(10,11)5-7(13)14/h2-4H,5H2,1H3,(H,13,14). The highest BCUT2D eigenvalue weighted by Gasteiger charge is 2.37. The zero-order valence-electron chi connectivity index (χ0n) is 7.50. The van der Waals surface area contributed by atoms with E-state index in [1.807, 2.05) is 0 Å². The molecule has 0 radical (unpaired) electrons. The number of aromatic nitrogens is 1. The van der Waals surface area contributed by atoms with Gasteiger partial charge < -0.3 is 5.11 Å². The van der Waals surface area contributed by atoms with Gasteiger partial charge in [-0.05, 0) is 18.6 Å². The summed E-state index contributed by atoms with van der Waals surface area (Å²) in [4.78, 5) is 13.7. The van der Waals surface area contributed by atoms with E-state index in [1.165, 1.54) is 25.3 Å². The quantitative estimate of drug-likeness (QED) is 0.813. The number of hydrogen-bond donors (Lipinski definition) is 1. The molecule has 0 fully saturated rings. The molecule has 1 rings (SSSR count). The Morgan fingerprint density at radius 2 is 2.29 bits per heavy atom. The number of pyridine rings is 1. The number of nitrogens with zero attached hydrogens (tertiary/aromatic N) is 1. The molecule has 0 aromatic carbocycles. The lowest BCUT2D eigenvalue weighted by Gasteiger charge is -2.14. The Morgan fingerprint density at radius 3 is 2.79 bits per heavy atom. The van der Waals surface area contributed by atoms with Crippen molar-refractivity contribution in [3.8, 4) is 0 Å². The average molecular weight is 201 g/mol. The van der Waals surface area contributed by atoms with Crippen LogP contribution in [0.4, 0.5) is 8.78 Å². The van der Waals surface area contributed by atoms with E-state index in [4.69, 9.17) is 5.11 Å². The zero-order chi connectivity index (χ0) is 10.8. The number of carbonyl (C=O) groups is 1. The molecule has 1 N–H and O–H groups in total. The second-order valence-electron chi connectivity index (χ2n) is 2.94. The van der Waals surface area contributed by atoms with Gasteiger partial charge >= 0.3 is 5.97 Å². The van der Waals surface area contributed by atoms with Crippen molar-refractivity contribution in [2.24, 2.45) is 0 Å². The first-order chi connectivity index (χ1) is 6.43. The summed E-state index contributed by atoms with van der Waals surface area (Å²) in [5.41, 5.74) is -0.179. The Bertz CT molecular complexity index is 352. The number of aryl methyl sites for hydroxylation is 1. The molecular formula is C9H9F2NO2. The van der Waals surface area contributed by atoms with Gasteiger partial charge in [-0.3, -0.25) is 9.78 Å². The minimum absolute atomic E-state index is 0.291. The van der Waals surface area contributed by atoms with Crippen molar-refractivity contribution in [2.75, 3.05) is 0 Å². The first-order valence-electron chi connectivity index (χ1n) is 3.95. The van der Waals surface area contributed by atoms with Gasteiger partial charge in [0.2, 0.25) is 0 Å². The lowest BCUT2D eigenvalue weighted by molar-refractivity contribution is -0.145. The molecule has 0 aliphatic heterocycles. The fraction of sp³-hybridized carbons (Fsp3) is 0.333. The third-order valence-corrected chi connectivity index (χ3v) is 1.73. The van der Waals surface area contributed by atoms with E-state index in [2.05, 4.69) is 4.98 Å². The maximum absolute atomic E-state index is 13.2.